The summed E-state index contributed by atoms with van der Waals surface area (Å²) in [7, 11) is -2.95. The number of rotatable bonds is 8. The number of hydrogen-bond donors (Lipinski definition) is 2. The lowest BCUT2D eigenvalue weighted by atomic mass is 10.1. The van der Waals surface area contributed by atoms with E-state index in [1.54, 1.807) is 0 Å². The summed E-state index contributed by atoms with van der Waals surface area (Å²) in [5.74, 6) is 0.879. The van der Waals surface area contributed by atoms with Crippen molar-refractivity contribution < 1.29 is 8.42 Å². The van der Waals surface area contributed by atoms with Gasteiger partial charge in [0.05, 0.1) is 11.3 Å². The van der Waals surface area contributed by atoms with Gasteiger partial charge in [0.1, 0.15) is 9.84 Å². The highest BCUT2D eigenvalue weighted by atomic mass is 32.2. The summed E-state index contributed by atoms with van der Waals surface area (Å²) in [6, 6.07) is 10.2. The largest absolute Gasteiger partial charge is 0.357 e. The number of aromatic nitrogens is 1. The van der Waals surface area contributed by atoms with Gasteiger partial charge in [-0.3, -0.25) is 9.98 Å². The third-order valence-electron chi connectivity index (χ3n) is 4.02. The average molecular weight is 377 g/mol. The number of guanidine groups is 1. The van der Waals surface area contributed by atoms with Gasteiger partial charge in [-0.1, -0.05) is 24.3 Å². The van der Waals surface area contributed by atoms with Crippen molar-refractivity contribution in [3.8, 4) is 0 Å². The number of hydrogen-bond acceptors (Lipinski definition) is 4. The summed E-state index contributed by atoms with van der Waals surface area (Å²) >= 11 is 0. The second-order valence-corrected chi connectivity index (χ2v) is 8.73. The molecule has 0 aliphatic rings. The molecule has 0 saturated heterocycles. The molecule has 7 heteroatoms. The van der Waals surface area contributed by atoms with E-state index in [1.807, 2.05) is 32.2 Å². The molecule has 6 nitrogen and oxygen atoms in total. The van der Waals surface area contributed by atoms with E-state index in [-0.39, 0.29) is 11.8 Å². The molecule has 2 rings (SSSR count). The van der Waals surface area contributed by atoms with Crippen LogP contribution in [0, 0.1) is 0 Å². The Morgan fingerprint density at radius 2 is 2.04 bits per heavy atom. The summed E-state index contributed by atoms with van der Waals surface area (Å²) in [6.07, 6.45) is 4.42. The maximum Gasteiger partial charge on any atom is 0.191 e. The van der Waals surface area contributed by atoms with Crippen LogP contribution >= 0.6 is 0 Å². The predicted octanol–water partition coefficient (Wildman–Crippen LogP) is 2.16. The molecule has 0 aliphatic carbocycles. The van der Waals surface area contributed by atoms with Crippen LogP contribution in [0.5, 0.6) is 0 Å². The van der Waals surface area contributed by atoms with Crippen LogP contribution in [0.1, 0.15) is 25.8 Å². The molecule has 0 radical (unpaired) electrons. The Morgan fingerprint density at radius 1 is 1.27 bits per heavy atom. The van der Waals surface area contributed by atoms with E-state index in [1.165, 1.54) is 11.8 Å². The average Bonchev–Trinajstić information content (AvgIpc) is 2.60. The molecule has 1 aromatic carbocycles. The zero-order valence-corrected chi connectivity index (χ0v) is 16.5. The molecule has 2 aromatic rings. The minimum absolute atomic E-state index is 0.0294. The van der Waals surface area contributed by atoms with Crippen molar-refractivity contribution in [3.05, 3.63) is 42.1 Å². The van der Waals surface area contributed by atoms with Crippen LogP contribution in [0.25, 0.3) is 10.9 Å². The number of fused-ring (bicyclic) bond motifs is 1. The summed E-state index contributed by atoms with van der Waals surface area (Å²) in [5.41, 5.74) is 2.19. The molecule has 0 aliphatic heterocycles. The van der Waals surface area contributed by atoms with Crippen LogP contribution in [-0.2, 0) is 16.3 Å². The van der Waals surface area contributed by atoms with Crippen LogP contribution in [0.15, 0.2) is 41.5 Å². The van der Waals surface area contributed by atoms with E-state index in [0.29, 0.717) is 18.9 Å². The zero-order chi connectivity index (χ0) is 19.0. The Hall–Kier alpha value is -2.15. The van der Waals surface area contributed by atoms with Crippen LogP contribution in [0.4, 0.5) is 0 Å². The van der Waals surface area contributed by atoms with Crippen molar-refractivity contribution in [3.63, 3.8) is 0 Å². The Morgan fingerprint density at radius 3 is 2.77 bits per heavy atom. The molecule has 142 valence electrons. The molecule has 1 atom stereocenters. The van der Waals surface area contributed by atoms with Crippen molar-refractivity contribution in [2.75, 3.05) is 25.1 Å². The number of pyridine rings is 1. The molecule has 0 bridgehead atoms. The first kappa shape index (κ1) is 20.2. The molecular weight excluding hydrogens is 348 g/mol. The first-order valence-corrected chi connectivity index (χ1v) is 11.0. The van der Waals surface area contributed by atoms with E-state index in [4.69, 9.17) is 0 Å². The maximum absolute atomic E-state index is 11.3. The first-order valence-electron chi connectivity index (χ1n) is 8.94. The van der Waals surface area contributed by atoms with Crippen molar-refractivity contribution in [2.24, 2.45) is 4.99 Å². The molecule has 0 fully saturated rings. The number of benzene rings is 1. The quantitative estimate of drug-likeness (QED) is 0.545. The SMILES string of the molecule is CCNC(=NCCc1cccc2cccnc12)NC(C)CCS(C)(=O)=O. The Balaban J connectivity index is 1.97. The van der Waals surface area contributed by atoms with Crippen molar-refractivity contribution >= 4 is 26.7 Å². The molecule has 2 N–H and O–H groups in total. The van der Waals surface area contributed by atoms with E-state index < -0.39 is 9.84 Å². The number of para-hydroxylation sites is 1. The van der Waals surface area contributed by atoms with Crippen molar-refractivity contribution in [2.45, 2.75) is 32.7 Å². The minimum Gasteiger partial charge on any atom is -0.357 e. The van der Waals surface area contributed by atoms with Gasteiger partial charge in [0.2, 0.25) is 0 Å². The van der Waals surface area contributed by atoms with Crippen LogP contribution in [0.3, 0.4) is 0 Å². The summed E-state index contributed by atoms with van der Waals surface area (Å²) in [5, 5.41) is 7.61. The smallest absolute Gasteiger partial charge is 0.191 e. The topological polar surface area (TPSA) is 83.4 Å². The lowest BCUT2D eigenvalue weighted by molar-refractivity contribution is 0.581. The van der Waals surface area contributed by atoms with E-state index in [9.17, 15) is 8.42 Å². The number of sulfone groups is 1. The van der Waals surface area contributed by atoms with Gasteiger partial charge in [-0.2, -0.15) is 0 Å². The zero-order valence-electron chi connectivity index (χ0n) is 15.7. The van der Waals surface area contributed by atoms with Crippen LogP contribution in [0.2, 0.25) is 0 Å². The van der Waals surface area contributed by atoms with E-state index >= 15 is 0 Å². The number of aliphatic imine (C=N–C) groups is 1. The fourth-order valence-electron chi connectivity index (χ4n) is 2.67. The monoisotopic (exact) mass is 376 g/mol. The lowest BCUT2D eigenvalue weighted by Gasteiger charge is -2.17. The van der Waals surface area contributed by atoms with Crippen LogP contribution in [-0.4, -0.2) is 50.5 Å². The summed E-state index contributed by atoms with van der Waals surface area (Å²) in [4.78, 5) is 9.09. The standard InChI is InChI=1S/C19H28N4O2S/c1-4-20-19(23-15(2)11-14-26(3,24)25)22-13-10-17-8-5-7-16-9-6-12-21-18(16)17/h5-9,12,15H,4,10-11,13-14H2,1-3H3,(H2,20,22,23). The second-order valence-electron chi connectivity index (χ2n) is 6.47. The summed E-state index contributed by atoms with van der Waals surface area (Å²) < 4.78 is 22.6. The normalized spacial score (nSPS) is 13.6. The number of nitrogens with one attached hydrogen (secondary N) is 2. The molecule has 1 heterocycles. The molecular formula is C19H28N4O2S. The lowest BCUT2D eigenvalue weighted by Crippen LogP contribution is -2.43. The van der Waals surface area contributed by atoms with Gasteiger partial charge in [-0.25, -0.2) is 8.42 Å². The second kappa shape index (κ2) is 9.52. The van der Waals surface area contributed by atoms with Gasteiger partial charge < -0.3 is 10.6 Å². The third kappa shape index (κ3) is 6.63. The Kier molecular flexibility index (Phi) is 7.38. The van der Waals surface area contributed by atoms with Gasteiger partial charge in [0.15, 0.2) is 5.96 Å². The van der Waals surface area contributed by atoms with Crippen molar-refractivity contribution in [1.82, 2.24) is 15.6 Å². The van der Waals surface area contributed by atoms with Gasteiger partial charge in [0.25, 0.3) is 0 Å². The highest BCUT2D eigenvalue weighted by Gasteiger charge is 2.09. The van der Waals surface area contributed by atoms with Gasteiger partial charge in [0, 0.05) is 37.0 Å². The first-order chi connectivity index (χ1) is 12.4. The number of nitrogens with zero attached hydrogens (tertiary/aromatic N) is 2. The van der Waals surface area contributed by atoms with Crippen molar-refractivity contribution in [1.29, 1.82) is 0 Å². The molecule has 1 unspecified atom stereocenters. The highest BCUT2D eigenvalue weighted by molar-refractivity contribution is 7.90. The van der Waals surface area contributed by atoms with E-state index in [0.717, 1.165) is 23.9 Å². The minimum atomic E-state index is -2.95. The fourth-order valence-corrected chi connectivity index (χ4v) is 3.46. The summed E-state index contributed by atoms with van der Waals surface area (Å²) in [6.45, 7) is 5.35. The Bertz CT molecular complexity index is 844. The molecule has 26 heavy (non-hydrogen) atoms. The molecule has 0 saturated carbocycles. The predicted molar refractivity (Wildman–Crippen MR) is 108 cm³/mol. The molecule has 0 spiro atoms. The fraction of sp³-hybridized carbons (Fsp3) is 0.474. The van der Waals surface area contributed by atoms with E-state index in [2.05, 4.69) is 38.8 Å². The highest BCUT2D eigenvalue weighted by Crippen LogP contribution is 2.16. The third-order valence-corrected chi connectivity index (χ3v) is 4.99. The van der Waals surface area contributed by atoms with Crippen LogP contribution < -0.4 is 10.6 Å². The Labute approximate surface area is 156 Å². The molecule has 1 aromatic heterocycles. The van der Waals surface area contributed by atoms with Gasteiger partial charge in [-0.15, -0.1) is 0 Å². The maximum atomic E-state index is 11.3. The van der Waals surface area contributed by atoms with Gasteiger partial charge in [-0.05, 0) is 38.3 Å². The molecule has 0 amide bonds. The van der Waals surface area contributed by atoms with Gasteiger partial charge >= 0.3 is 0 Å².